The molecule has 3 aromatic rings. The normalized spacial score (nSPS) is 12.8. The van der Waals surface area contributed by atoms with E-state index in [0.717, 1.165) is 27.9 Å². The number of fused-ring (bicyclic) bond motifs is 1. The molecule has 1 aromatic carbocycles. The molecule has 0 bridgehead atoms. The lowest BCUT2D eigenvalue weighted by Gasteiger charge is -2.28. The Bertz CT molecular complexity index is 1080. The number of aromatic amines is 1. The highest BCUT2D eigenvalue weighted by molar-refractivity contribution is 7.17. The molecule has 1 atom stereocenters. The van der Waals surface area contributed by atoms with Crippen LogP contribution in [0.2, 0.25) is 0 Å². The van der Waals surface area contributed by atoms with Crippen LogP contribution >= 0.6 is 11.3 Å². The van der Waals surface area contributed by atoms with Crippen LogP contribution in [0.1, 0.15) is 43.6 Å². The molecule has 2 aromatic heterocycles. The summed E-state index contributed by atoms with van der Waals surface area (Å²) in [5.41, 5.74) is 4.25. The monoisotopic (exact) mass is 425 g/mol. The number of aryl methyl sites for hydroxylation is 2. The van der Waals surface area contributed by atoms with Crippen molar-refractivity contribution in [2.24, 2.45) is 0 Å². The van der Waals surface area contributed by atoms with Crippen molar-refractivity contribution in [3.63, 3.8) is 0 Å². The van der Waals surface area contributed by atoms with Gasteiger partial charge in [0.2, 0.25) is 0 Å². The van der Waals surface area contributed by atoms with E-state index in [1.165, 1.54) is 16.9 Å². The molecular weight excluding hydrogens is 394 g/mol. The van der Waals surface area contributed by atoms with E-state index < -0.39 is 6.10 Å². The topological polar surface area (TPSA) is 69.2 Å². The molecule has 2 N–H and O–H groups in total. The molecule has 0 saturated carbocycles. The van der Waals surface area contributed by atoms with Gasteiger partial charge in [-0.05, 0) is 51.7 Å². The number of H-pyrrole nitrogens is 1. The smallest absolute Gasteiger partial charge is 0.260 e. The van der Waals surface area contributed by atoms with E-state index in [2.05, 4.69) is 62.4 Å². The highest BCUT2D eigenvalue weighted by Crippen LogP contribution is 2.33. The zero-order chi connectivity index (χ0) is 21.8. The van der Waals surface area contributed by atoms with Crippen LogP contribution in [0.4, 0.5) is 0 Å². The van der Waals surface area contributed by atoms with Crippen LogP contribution < -0.4 is 5.56 Å². The number of hydrogen-bond donors (Lipinski definition) is 2. The van der Waals surface area contributed by atoms with Gasteiger partial charge in [-0.1, -0.05) is 29.8 Å². The number of rotatable bonds is 9. The zero-order valence-electron chi connectivity index (χ0n) is 18.2. The Hall–Kier alpha value is -2.28. The summed E-state index contributed by atoms with van der Waals surface area (Å²) in [5, 5.41) is 13.0. The molecule has 3 rings (SSSR count). The van der Waals surface area contributed by atoms with Crippen LogP contribution in [0.5, 0.6) is 0 Å². The van der Waals surface area contributed by atoms with Gasteiger partial charge in [0.15, 0.2) is 0 Å². The Morgan fingerprint density at radius 3 is 2.73 bits per heavy atom. The van der Waals surface area contributed by atoms with Crippen LogP contribution in [-0.4, -0.2) is 38.7 Å². The third-order valence-electron chi connectivity index (χ3n) is 5.40. The number of thiophene rings is 1. The average molecular weight is 426 g/mol. The second-order valence-electron chi connectivity index (χ2n) is 8.20. The summed E-state index contributed by atoms with van der Waals surface area (Å²) in [6.07, 6.45) is 2.85. The van der Waals surface area contributed by atoms with Gasteiger partial charge in [-0.3, -0.25) is 9.69 Å². The SMILES string of the molecule is C=CCCC(O)CN(Cc1nc2scc(-c3ccc(C)cc3C)c2c(=O)[nH]1)C(C)C. The van der Waals surface area contributed by atoms with Gasteiger partial charge in [-0.2, -0.15) is 0 Å². The Morgan fingerprint density at radius 2 is 2.07 bits per heavy atom. The number of allylic oxidation sites excluding steroid dienone is 1. The molecular formula is C24H31N3O2S. The van der Waals surface area contributed by atoms with Crippen molar-refractivity contribution in [1.29, 1.82) is 0 Å². The minimum Gasteiger partial charge on any atom is -0.392 e. The third-order valence-corrected chi connectivity index (χ3v) is 6.27. The quantitative estimate of drug-likeness (QED) is 0.483. The first-order valence-electron chi connectivity index (χ1n) is 10.4. The minimum atomic E-state index is -0.432. The number of aliphatic hydroxyl groups excluding tert-OH is 1. The summed E-state index contributed by atoms with van der Waals surface area (Å²) < 4.78 is 0. The van der Waals surface area contributed by atoms with Gasteiger partial charge in [0, 0.05) is 23.5 Å². The number of benzene rings is 1. The van der Waals surface area contributed by atoms with Crippen molar-refractivity contribution in [3.05, 3.63) is 63.5 Å². The first kappa shape index (κ1) is 22.4. The van der Waals surface area contributed by atoms with Gasteiger partial charge in [0.25, 0.3) is 5.56 Å². The first-order valence-corrected chi connectivity index (χ1v) is 11.3. The maximum Gasteiger partial charge on any atom is 0.260 e. The Labute approximate surface area is 182 Å². The molecule has 0 spiro atoms. The summed E-state index contributed by atoms with van der Waals surface area (Å²) in [5.74, 6) is 0.631. The number of nitrogens with zero attached hydrogens (tertiary/aromatic N) is 2. The van der Waals surface area contributed by atoms with Gasteiger partial charge < -0.3 is 10.1 Å². The van der Waals surface area contributed by atoms with Crippen molar-refractivity contribution in [3.8, 4) is 11.1 Å². The van der Waals surface area contributed by atoms with E-state index in [9.17, 15) is 9.90 Å². The second kappa shape index (κ2) is 9.69. The lowest BCUT2D eigenvalue weighted by molar-refractivity contribution is 0.0839. The van der Waals surface area contributed by atoms with E-state index in [-0.39, 0.29) is 11.6 Å². The molecule has 0 aliphatic rings. The fraction of sp³-hybridized carbons (Fsp3) is 0.417. The number of nitrogens with one attached hydrogen (secondary N) is 1. The number of hydrogen-bond acceptors (Lipinski definition) is 5. The van der Waals surface area contributed by atoms with Crippen molar-refractivity contribution in [2.45, 2.75) is 59.2 Å². The van der Waals surface area contributed by atoms with E-state index >= 15 is 0 Å². The largest absolute Gasteiger partial charge is 0.392 e. The third kappa shape index (κ3) is 5.06. The lowest BCUT2D eigenvalue weighted by Crippen LogP contribution is -2.38. The highest BCUT2D eigenvalue weighted by atomic mass is 32.1. The molecule has 0 radical (unpaired) electrons. The molecule has 0 aliphatic carbocycles. The van der Waals surface area contributed by atoms with Crippen molar-refractivity contribution < 1.29 is 5.11 Å². The van der Waals surface area contributed by atoms with Crippen LogP contribution in [0, 0.1) is 13.8 Å². The number of aliphatic hydroxyl groups is 1. The fourth-order valence-corrected chi connectivity index (χ4v) is 4.66. The molecule has 30 heavy (non-hydrogen) atoms. The minimum absolute atomic E-state index is 0.109. The Balaban J connectivity index is 1.90. The summed E-state index contributed by atoms with van der Waals surface area (Å²) in [6.45, 7) is 13.0. The lowest BCUT2D eigenvalue weighted by atomic mass is 9.99. The summed E-state index contributed by atoms with van der Waals surface area (Å²) >= 11 is 1.50. The van der Waals surface area contributed by atoms with E-state index in [1.807, 2.05) is 11.5 Å². The maximum absolute atomic E-state index is 13.0. The molecule has 0 amide bonds. The van der Waals surface area contributed by atoms with Gasteiger partial charge in [-0.25, -0.2) is 4.98 Å². The molecule has 0 saturated heterocycles. The summed E-state index contributed by atoms with van der Waals surface area (Å²) in [6, 6.07) is 6.50. The molecule has 0 fully saturated rings. The van der Waals surface area contributed by atoms with Crippen LogP contribution in [-0.2, 0) is 6.54 Å². The van der Waals surface area contributed by atoms with Crippen molar-refractivity contribution in [1.82, 2.24) is 14.9 Å². The standard InChI is InChI=1S/C24H31N3O2S/c1-6-7-8-18(28)12-27(15(2)3)13-21-25-23(29)22-20(14-30-24(22)26-21)19-10-9-16(4)11-17(19)5/h6,9-11,14-15,18,28H,1,7-8,12-13H2,2-5H3,(H,25,26,29). The van der Waals surface area contributed by atoms with Crippen LogP contribution in [0.3, 0.4) is 0 Å². The summed E-state index contributed by atoms with van der Waals surface area (Å²) in [7, 11) is 0. The Morgan fingerprint density at radius 1 is 1.30 bits per heavy atom. The second-order valence-corrected chi connectivity index (χ2v) is 9.06. The van der Waals surface area contributed by atoms with Crippen molar-refractivity contribution >= 4 is 21.6 Å². The van der Waals surface area contributed by atoms with E-state index in [1.54, 1.807) is 0 Å². The van der Waals surface area contributed by atoms with Gasteiger partial charge in [0.05, 0.1) is 18.0 Å². The van der Waals surface area contributed by atoms with Gasteiger partial charge in [-0.15, -0.1) is 17.9 Å². The molecule has 160 valence electrons. The zero-order valence-corrected chi connectivity index (χ0v) is 19.1. The Kier molecular flexibility index (Phi) is 7.23. The first-order chi connectivity index (χ1) is 14.3. The average Bonchev–Trinajstić information content (AvgIpc) is 3.10. The van der Waals surface area contributed by atoms with E-state index in [4.69, 9.17) is 4.98 Å². The molecule has 6 heteroatoms. The van der Waals surface area contributed by atoms with Crippen LogP contribution in [0.15, 0.2) is 41.0 Å². The molecule has 1 unspecified atom stereocenters. The van der Waals surface area contributed by atoms with Gasteiger partial charge in [0.1, 0.15) is 10.7 Å². The fourth-order valence-electron chi connectivity index (χ4n) is 3.70. The molecule has 2 heterocycles. The predicted octanol–water partition coefficient (Wildman–Crippen LogP) is 4.81. The van der Waals surface area contributed by atoms with E-state index in [0.29, 0.717) is 30.7 Å². The van der Waals surface area contributed by atoms with Crippen LogP contribution in [0.25, 0.3) is 21.3 Å². The maximum atomic E-state index is 13.0. The predicted molar refractivity (Wildman–Crippen MR) is 126 cm³/mol. The van der Waals surface area contributed by atoms with Gasteiger partial charge >= 0.3 is 0 Å². The molecule has 5 nitrogen and oxygen atoms in total. The summed E-state index contributed by atoms with van der Waals surface area (Å²) in [4.78, 5) is 23.6. The van der Waals surface area contributed by atoms with Crippen molar-refractivity contribution in [2.75, 3.05) is 6.54 Å². The number of aromatic nitrogens is 2. The molecule has 0 aliphatic heterocycles. The highest BCUT2D eigenvalue weighted by Gasteiger charge is 2.19.